The molecule has 37 heavy (non-hydrogen) atoms. The minimum absolute atomic E-state index is 0.156. The number of benzene rings is 3. The number of carboxylic acids is 2. The highest BCUT2D eigenvalue weighted by Crippen LogP contribution is 2.36. The number of hydrogen-bond acceptors (Lipinski definition) is 6. The number of hydrogen-bond donors (Lipinski definition) is 2. The van der Waals surface area contributed by atoms with E-state index < -0.39 is 11.9 Å². The number of aromatic carboxylic acids is 2. The van der Waals surface area contributed by atoms with E-state index in [4.69, 9.17) is 9.84 Å². The molecule has 4 rings (SSSR count). The molecule has 0 atom stereocenters. The Balaban J connectivity index is 1.59. The van der Waals surface area contributed by atoms with Crippen LogP contribution in [0.4, 0.5) is 5.69 Å². The van der Waals surface area contributed by atoms with E-state index >= 15 is 0 Å². The van der Waals surface area contributed by atoms with Gasteiger partial charge in [-0.25, -0.2) is 14.6 Å². The summed E-state index contributed by atoms with van der Waals surface area (Å²) in [5.74, 6) is -1.73. The molecule has 0 radical (unpaired) electrons. The van der Waals surface area contributed by atoms with E-state index in [1.807, 2.05) is 12.1 Å². The molecule has 2 N–H and O–H groups in total. The highest BCUT2D eigenvalue weighted by molar-refractivity contribution is 9.10. The maximum Gasteiger partial charge on any atom is 0.336 e. The number of halogens is 1. The monoisotopic (exact) mass is 580 g/mol. The van der Waals surface area contributed by atoms with Crippen LogP contribution in [0, 0.1) is 6.92 Å². The lowest BCUT2D eigenvalue weighted by Crippen LogP contribution is -2.23. The Labute approximate surface area is 225 Å². The first kappa shape index (κ1) is 26.2. The summed E-state index contributed by atoms with van der Waals surface area (Å²) in [6.45, 7) is 1.89. The van der Waals surface area contributed by atoms with Gasteiger partial charge in [0.2, 0.25) is 0 Å². The van der Waals surface area contributed by atoms with Gasteiger partial charge < -0.3 is 14.9 Å². The molecule has 0 unspecified atom stereocenters. The highest BCUT2D eigenvalue weighted by atomic mass is 79.9. The number of likely N-dealkylation sites (N-methyl/N-ethyl adjacent to an activating group) is 1. The summed E-state index contributed by atoms with van der Waals surface area (Å²) in [6.07, 6.45) is 1.72. The van der Waals surface area contributed by atoms with E-state index in [9.17, 15) is 19.5 Å². The second kappa shape index (κ2) is 11.0. The first-order chi connectivity index (χ1) is 17.6. The fourth-order valence-corrected chi connectivity index (χ4v) is 4.89. The van der Waals surface area contributed by atoms with Crippen molar-refractivity contribution in [3.63, 3.8) is 0 Å². The van der Waals surface area contributed by atoms with Gasteiger partial charge in [-0.15, -0.1) is 0 Å². The van der Waals surface area contributed by atoms with Gasteiger partial charge in [-0.05, 0) is 78.4 Å². The molecule has 0 aliphatic carbocycles. The number of carbonyl (C=O) groups is 3. The standard InChI is InChI=1S/C27H21BrN2O6S/c1-15-20(26(34)35)4-3-5-21(15)29-27-30(2)24(31)23(37-27)13-18-12-19(28)10-11-22(18)36-14-16-6-8-17(9-7-16)25(32)33/h3-13H,14H2,1-2H3,(H,32,33)(H,34,35)/b23-13-,29-27?. The van der Waals surface area contributed by atoms with Crippen LogP contribution < -0.4 is 4.74 Å². The van der Waals surface area contributed by atoms with Crippen LogP contribution in [0.3, 0.4) is 0 Å². The van der Waals surface area contributed by atoms with Gasteiger partial charge in [-0.1, -0.05) is 34.1 Å². The Hall–Kier alpha value is -3.89. The second-order valence-electron chi connectivity index (χ2n) is 8.10. The van der Waals surface area contributed by atoms with Crippen molar-refractivity contribution < 1.29 is 29.3 Å². The van der Waals surface area contributed by atoms with Crippen molar-refractivity contribution in [2.24, 2.45) is 4.99 Å². The zero-order chi connectivity index (χ0) is 26.7. The first-order valence-corrected chi connectivity index (χ1v) is 12.6. The molecule has 188 valence electrons. The SMILES string of the molecule is Cc1c(N=C2S/C(=C\c3cc(Br)ccc3OCc3ccc(C(=O)O)cc3)C(=O)N2C)cccc1C(=O)O. The Morgan fingerprint density at radius 2 is 1.81 bits per heavy atom. The quantitative estimate of drug-likeness (QED) is 0.331. The smallest absolute Gasteiger partial charge is 0.336 e. The molecule has 0 spiro atoms. The number of carbonyl (C=O) groups excluding carboxylic acids is 1. The maximum atomic E-state index is 13.0. The van der Waals surface area contributed by atoms with Gasteiger partial charge in [-0.2, -0.15) is 0 Å². The molecule has 0 aromatic heterocycles. The Kier molecular flexibility index (Phi) is 7.80. The molecule has 8 nitrogen and oxygen atoms in total. The lowest BCUT2D eigenvalue weighted by atomic mass is 10.1. The summed E-state index contributed by atoms with van der Waals surface area (Å²) >= 11 is 4.64. The van der Waals surface area contributed by atoms with Crippen molar-refractivity contribution in [2.75, 3.05) is 7.05 Å². The molecule has 1 heterocycles. The number of thioether (sulfide) groups is 1. The van der Waals surface area contributed by atoms with Crippen molar-refractivity contribution in [1.82, 2.24) is 4.90 Å². The normalized spacial score (nSPS) is 15.4. The van der Waals surface area contributed by atoms with Crippen LogP contribution in [0.5, 0.6) is 5.75 Å². The molecule has 1 amide bonds. The van der Waals surface area contributed by atoms with Crippen molar-refractivity contribution >= 4 is 62.5 Å². The molecule has 1 fully saturated rings. The lowest BCUT2D eigenvalue weighted by molar-refractivity contribution is -0.121. The van der Waals surface area contributed by atoms with Gasteiger partial charge in [0.25, 0.3) is 5.91 Å². The van der Waals surface area contributed by atoms with Gasteiger partial charge in [-0.3, -0.25) is 9.69 Å². The van der Waals surface area contributed by atoms with Gasteiger partial charge in [0.1, 0.15) is 12.4 Å². The predicted molar refractivity (Wildman–Crippen MR) is 145 cm³/mol. The molecule has 1 aliphatic rings. The van der Waals surface area contributed by atoms with Crippen LogP contribution in [0.25, 0.3) is 6.08 Å². The predicted octanol–water partition coefficient (Wildman–Crippen LogP) is 5.97. The summed E-state index contributed by atoms with van der Waals surface area (Å²) in [5.41, 5.74) is 2.81. The lowest BCUT2D eigenvalue weighted by Gasteiger charge is -2.11. The van der Waals surface area contributed by atoms with Crippen LogP contribution >= 0.6 is 27.7 Å². The summed E-state index contributed by atoms with van der Waals surface area (Å²) in [4.78, 5) is 41.9. The van der Waals surface area contributed by atoms with Crippen molar-refractivity contribution in [1.29, 1.82) is 0 Å². The Morgan fingerprint density at radius 1 is 1.08 bits per heavy atom. The van der Waals surface area contributed by atoms with Crippen molar-refractivity contribution in [3.8, 4) is 5.75 Å². The van der Waals surface area contributed by atoms with Crippen LogP contribution in [0.1, 0.15) is 37.4 Å². The number of amides is 1. The third-order valence-corrected chi connectivity index (χ3v) is 7.16. The molecule has 3 aromatic carbocycles. The van der Waals surface area contributed by atoms with Gasteiger partial charge in [0, 0.05) is 17.1 Å². The molecule has 0 bridgehead atoms. The summed E-state index contributed by atoms with van der Waals surface area (Å²) < 4.78 is 6.79. The average Bonchev–Trinajstić information content (AvgIpc) is 3.12. The zero-order valence-electron chi connectivity index (χ0n) is 19.8. The fourth-order valence-electron chi connectivity index (χ4n) is 3.54. The molecule has 10 heteroatoms. The third-order valence-electron chi connectivity index (χ3n) is 5.61. The minimum Gasteiger partial charge on any atom is -0.488 e. The zero-order valence-corrected chi connectivity index (χ0v) is 22.2. The average molecular weight is 581 g/mol. The van der Waals surface area contributed by atoms with Gasteiger partial charge >= 0.3 is 11.9 Å². The number of amidine groups is 1. The first-order valence-electron chi connectivity index (χ1n) is 11.0. The maximum absolute atomic E-state index is 13.0. The number of ether oxygens (including phenoxy) is 1. The highest BCUT2D eigenvalue weighted by Gasteiger charge is 2.31. The van der Waals surface area contributed by atoms with Crippen LogP contribution in [0.15, 0.2) is 75.0 Å². The number of carboxylic acid groups (broad SMARTS) is 2. The van der Waals surface area contributed by atoms with E-state index in [1.54, 1.807) is 50.4 Å². The number of nitrogens with zero attached hydrogens (tertiary/aromatic N) is 2. The van der Waals surface area contributed by atoms with Crippen molar-refractivity contribution in [3.05, 3.63) is 97.9 Å². The second-order valence-corrected chi connectivity index (χ2v) is 10.0. The number of aliphatic imine (C=N–C) groups is 1. The van der Waals surface area contributed by atoms with Gasteiger partial charge in [0.05, 0.1) is 21.7 Å². The Bertz CT molecular complexity index is 1470. The van der Waals surface area contributed by atoms with E-state index in [0.717, 1.165) is 10.0 Å². The molecule has 1 saturated heterocycles. The van der Waals surface area contributed by atoms with E-state index in [1.165, 1.54) is 34.9 Å². The van der Waals surface area contributed by atoms with Crippen LogP contribution in [-0.2, 0) is 11.4 Å². The Morgan fingerprint density at radius 3 is 2.49 bits per heavy atom. The van der Waals surface area contributed by atoms with Crippen LogP contribution in [0.2, 0.25) is 0 Å². The summed E-state index contributed by atoms with van der Waals surface area (Å²) in [6, 6.07) is 16.7. The fraction of sp³-hybridized carbons (Fsp3) is 0.111. The topological polar surface area (TPSA) is 117 Å². The van der Waals surface area contributed by atoms with Crippen molar-refractivity contribution in [2.45, 2.75) is 13.5 Å². The number of rotatable bonds is 7. The minimum atomic E-state index is -1.04. The molecular formula is C27H21BrN2O6S. The molecule has 1 aliphatic heterocycles. The van der Waals surface area contributed by atoms with Gasteiger partial charge in [0.15, 0.2) is 5.17 Å². The van der Waals surface area contributed by atoms with E-state index in [2.05, 4.69) is 20.9 Å². The third kappa shape index (κ3) is 5.92. The largest absolute Gasteiger partial charge is 0.488 e. The summed E-state index contributed by atoms with van der Waals surface area (Å²) in [7, 11) is 1.62. The summed E-state index contributed by atoms with van der Waals surface area (Å²) in [5, 5.41) is 18.9. The molecule has 0 saturated carbocycles. The van der Waals surface area contributed by atoms with Crippen LogP contribution in [-0.4, -0.2) is 45.2 Å². The molecular weight excluding hydrogens is 560 g/mol. The molecule has 3 aromatic rings. The van der Waals surface area contributed by atoms with E-state index in [-0.39, 0.29) is 23.6 Å². The van der Waals surface area contributed by atoms with E-state index in [0.29, 0.717) is 32.6 Å².